The Labute approximate surface area is 271 Å². The zero-order chi connectivity index (χ0) is 34.1. The second-order valence-electron chi connectivity index (χ2n) is 12.7. The Morgan fingerprint density at radius 2 is 1.94 bits per heavy atom. The minimum absolute atomic E-state index is 0.0120. The number of amides is 1. The molecule has 2 aromatic heterocycles. The summed E-state index contributed by atoms with van der Waals surface area (Å²) in [6, 6.07) is 6.87. The van der Waals surface area contributed by atoms with Gasteiger partial charge in [-0.2, -0.15) is 0 Å². The average Bonchev–Trinajstić information content (AvgIpc) is 3.40. The highest BCUT2D eigenvalue weighted by atomic mass is 16.6. The van der Waals surface area contributed by atoms with Crippen molar-refractivity contribution in [1.29, 1.82) is 0 Å². The quantitative estimate of drug-likeness (QED) is 0.161. The molecule has 4 heterocycles. The third-order valence-corrected chi connectivity index (χ3v) is 8.44. The number of nitrogens with one attached hydrogen (secondary N) is 1. The maximum Gasteiger partial charge on any atom is 0.412 e. The van der Waals surface area contributed by atoms with Gasteiger partial charge >= 0.3 is 18.0 Å². The van der Waals surface area contributed by atoms with Gasteiger partial charge in [-0.3, -0.25) is 9.59 Å². The molecule has 252 valence electrons. The highest BCUT2D eigenvalue weighted by Crippen LogP contribution is 2.43. The van der Waals surface area contributed by atoms with Crippen molar-refractivity contribution < 1.29 is 43.5 Å². The van der Waals surface area contributed by atoms with Gasteiger partial charge in [-0.15, -0.1) is 0 Å². The van der Waals surface area contributed by atoms with E-state index in [1.54, 1.807) is 56.5 Å². The molecule has 3 aromatic rings. The minimum Gasteiger partial charge on any atom is -0.457 e. The van der Waals surface area contributed by atoms with Crippen molar-refractivity contribution >= 4 is 28.9 Å². The molecule has 0 saturated carbocycles. The number of hydrogen-bond donors (Lipinski definition) is 3. The number of aromatic nitrogens is 2. The third-order valence-electron chi connectivity index (χ3n) is 8.44. The van der Waals surface area contributed by atoms with Gasteiger partial charge in [0.1, 0.15) is 18.5 Å². The molecule has 47 heavy (non-hydrogen) atoms. The summed E-state index contributed by atoms with van der Waals surface area (Å²) >= 11 is 0. The van der Waals surface area contributed by atoms with Crippen molar-refractivity contribution in [2.75, 3.05) is 26.4 Å². The molecule has 2 atom stereocenters. The molecule has 0 spiro atoms. The molecule has 13 heteroatoms. The molecule has 0 aliphatic carbocycles. The van der Waals surface area contributed by atoms with Crippen LogP contribution in [0, 0.1) is 5.41 Å². The monoisotopic (exact) mass is 651 g/mol. The molecule has 13 nitrogen and oxygen atoms in total. The first-order valence-electron chi connectivity index (χ1n) is 15.8. The highest BCUT2D eigenvalue weighted by molar-refractivity contribution is 5.91. The van der Waals surface area contributed by atoms with Crippen molar-refractivity contribution in [2.45, 2.75) is 78.7 Å². The molecule has 1 unspecified atom stereocenters. The smallest absolute Gasteiger partial charge is 0.412 e. The Hall–Kier alpha value is -4.33. The number of aliphatic hydroxyl groups excluding tert-OH is 2. The zero-order valence-corrected chi connectivity index (χ0v) is 27.3. The SMILES string of the molecule is CCc1c2c(nc3ccc(OC(=O)NCCCOCC(O)CO)cc13)-c1cc3c(c(=O)n1C2)COC(=O)[C@@]3(CC)OC(=O)C(C)(C)C. The lowest BCUT2D eigenvalue weighted by Gasteiger charge is -2.37. The van der Waals surface area contributed by atoms with Gasteiger partial charge in [0.25, 0.3) is 5.56 Å². The molecule has 2 aliphatic heterocycles. The number of carbonyl (C=O) groups excluding carboxylic acids is 3. The van der Waals surface area contributed by atoms with E-state index in [2.05, 4.69) is 5.32 Å². The van der Waals surface area contributed by atoms with Crippen LogP contribution in [0.4, 0.5) is 4.79 Å². The van der Waals surface area contributed by atoms with E-state index in [1.807, 2.05) is 6.92 Å². The first-order valence-corrected chi connectivity index (χ1v) is 15.8. The summed E-state index contributed by atoms with van der Waals surface area (Å²) in [6.45, 7) is 9.03. The summed E-state index contributed by atoms with van der Waals surface area (Å²) in [6.07, 6.45) is -0.395. The lowest BCUT2D eigenvalue weighted by atomic mass is 9.84. The number of rotatable bonds is 11. The predicted molar refractivity (Wildman–Crippen MR) is 170 cm³/mol. The van der Waals surface area contributed by atoms with E-state index in [1.165, 1.54) is 0 Å². The number of pyridine rings is 2. The zero-order valence-electron chi connectivity index (χ0n) is 27.3. The van der Waals surface area contributed by atoms with Crippen molar-refractivity contribution in [3.8, 4) is 17.1 Å². The van der Waals surface area contributed by atoms with Crippen molar-refractivity contribution in [3.05, 3.63) is 56.9 Å². The standard InChI is InChI=1S/C34H41N3O10/c1-6-21-22-13-20(46-32(43)35-11-8-12-44-17-19(39)16-38)9-10-26(22)36-28-23(21)15-37-27(28)14-25-24(29(37)40)18-45-31(42)34(25,7-2)47-30(41)33(3,4)5/h9-10,13-14,19,38-39H,6-8,11-12,15-18H2,1-5H3,(H,35,43)/t19?,34-/m0/s1. The van der Waals surface area contributed by atoms with Crippen LogP contribution in [-0.2, 0) is 49.0 Å². The van der Waals surface area contributed by atoms with Crippen LogP contribution >= 0.6 is 0 Å². The van der Waals surface area contributed by atoms with E-state index >= 15 is 0 Å². The maximum absolute atomic E-state index is 13.9. The van der Waals surface area contributed by atoms with Gasteiger partial charge in [-0.1, -0.05) is 13.8 Å². The Kier molecular flexibility index (Phi) is 9.71. The summed E-state index contributed by atoms with van der Waals surface area (Å²) in [5.41, 5.74) is 1.13. The molecular formula is C34H41N3O10. The fourth-order valence-corrected chi connectivity index (χ4v) is 5.86. The molecule has 2 aliphatic rings. The van der Waals surface area contributed by atoms with Crippen LogP contribution in [0.15, 0.2) is 29.1 Å². The second kappa shape index (κ2) is 13.4. The second-order valence-corrected chi connectivity index (χ2v) is 12.7. The third kappa shape index (κ3) is 6.47. The van der Waals surface area contributed by atoms with Gasteiger partial charge in [0, 0.05) is 29.7 Å². The number of fused-ring (bicyclic) bond motifs is 5. The number of carbonyl (C=O) groups is 3. The first-order chi connectivity index (χ1) is 22.3. The highest BCUT2D eigenvalue weighted by Gasteiger charge is 2.51. The lowest BCUT2D eigenvalue weighted by molar-refractivity contribution is -0.194. The van der Waals surface area contributed by atoms with Crippen molar-refractivity contribution in [3.63, 3.8) is 0 Å². The summed E-state index contributed by atoms with van der Waals surface area (Å²) in [7, 11) is 0. The van der Waals surface area contributed by atoms with E-state index in [0.29, 0.717) is 54.2 Å². The maximum atomic E-state index is 13.9. The number of benzene rings is 1. The Morgan fingerprint density at radius 3 is 2.62 bits per heavy atom. The average molecular weight is 652 g/mol. The van der Waals surface area contributed by atoms with Crippen LogP contribution in [0.25, 0.3) is 22.3 Å². The molecule has 0 fully saturated rings. The van der Waals surface area contributed by atoms with E-state index in [4.69, 9.17) is 29.0 Å². The summed E-state index contributed by atoms with van der Waals surface area (Å²) in [4.78, 5) is 57.6. The lowest BCUT2D eigenvalue weighted by Crippen LogP contribution is -2.48. The van der Waals surface area contributed by atoms with Gasteiger partial charge in [0.2, 0.25) is 5.60 Å². The molecular weight excluding hydrogens is 610 g/mol. The van der Waals surface area contributed by atoms with Crippen LogP contribution in [0.3, 0.4) is 0 Å². The van der Waals surface area contributed by atoms with Gasteiger partial charge < -0.3 is 39.0 Å². The molecule has 1 aromatic carbocycles. The molecule has 0 radical (unpaired) electrons. The van der Waals surface area contributed by atoms with Gasteiger partial charge in [0.05, 0.1) is 47.6 Å². The van der Waals surface area contributed by atoms with Crippen LogP contribution < -0.4 is 15.6 Å². The predicted octanol–water partition coefficient (Wildman–Crippen LogP) is 3.09. The summed E-state index contributed by atoms with van der Waals surface area (Å²) in [5, 5.41) is 21.6. The van der Waals surface area contributed by atoms with Crippen LogP contribution in [0.5, 0.6) is 5.75 Å². The largest absolute Gasteiger partial charge is 0.457 e. The number of ether oxygens (including phenoxy) is 4. The van der Waals surface area contributed by atoms with Crippen molar-refractivity contribution in [2.24, 2.45) is 5.41 Å². The number of cyclic esters (lactones) is 1. The first kappa shape index (κ1) is 34.0. The minimum atomic E-state index is -1.76. The van der Waals surface area contributed by atoms with Crippen LogP contribution in [0.1, 0.15) is 69.7 Å². The Balaban J connectivity index is 1.44. The van der Waals surface area contributed by atoms with Crippen LogP contribution in [-0.4, -0.2) is 70.3 Å². The van der Waals surface area contributed by atoms with E-state index < -0.39 is 35.2 Å². The number of aliphatic hydroxyl groups is 2. The normalized spacial score (nSPS) is 17.4. The molecule has 0 bridgehead atoms. The van der Waals surface area contributed by atoms with E-state index in [9.17, 15) is 24.3 Å². The van der Waals surface area contributed by atoms with E-state index in [0.717, 1.165) is 16.5 Å². The Morgan fingerprint density at radius 1 is 1.17 bits per heavy atom. The Bertz CT molecular complexity index is 1780. The van der Waals surface area contributed by atoms with Gasteiger partial charge in [-0.25, -0.2) is 14.6 Å². The number of nitrogens with zero attached hydrogens (tertiary/aromatic N) is 2. The number of aryl methyl sites for hydroxylation is 1. The number of hydrogen-bond acceptors (Lipinski definition) is 11. The van der Waals surface area contributed by atoms with E-state index in [-0.39, 0.29) is 43.9 Å². The van der Waals surface area contributed by atoms with Gasteiger partial charge in [0.15, 0.2) is 0 Å². The van der Waals surface area contributed by atoms with Gasteiger partial charge in [-0.05, 0) is 69.9 Å². The molecule has 5 rings (SSSR count). The molecule has 1 amide bonds. The topological polar surface area (TPSA) is 176 Å². The number of esters is 2. The summed E-state index contributed by atoms with van der Waals surface area (Å²) in [5.74, 6) is -0.976. The molecule has 0 saturated heterocycles. The van der Waals surface area contributed by atoms with Crippen molar-refractivity contribution in [1.82, 2.24) is 14.9 Å². The van der Waals surface area contributed by atoms with Crippen LogP contribution in [0.2, 0.25) is 0 Å². The fourth-order valence-electron chi connectivity index (χ4n) is 5.86. The summed E-state index contributed by atoms with van der Waals surface area (Å²) < 4.78 is 23.7. The molecule has 3 N–H and O–H groups in total. The fraction of sp³-hybridized carbons (Fsp3) is 0.500.